The molecule has 2 amide bonds. The Bertz CT molecular complexity index is 890. The second-order valence-corrected chi connectivity index (χ2v) is 12.1. The van der Waals surface area contributed by atoms with Gasteiger partial charge in [0.2, 0.25) is 11.8 Å². The molecule has 1 N–H and O–H groups in total. The number of nitrogens with one attached hydrogen (secondary N) is 1. The van der Waals surface area contributed by atoms with Gasteiger partial charge in [0.1, 0.15) is 0 Å². The van der Waals surface area contributed by atoms with Crippen LogP contribution in [0.4, 0.5) is 5.69 Å². The first-order valence-electron chi connectivity index (χ1n) is 13.0. The van der Waals surface area contributed by atoms with Gasteiger partial charge in [-0.25, -0.2) is 0 Å². The van der Waals surface area contributed by atoms with Gasteiger partial charge in [0.25, 0.3) is 0 Å². The van der Waals surface area contributed by atoms with Crippen LogP contribution < -0.4 is 10.2 Å². The second kappa shape index (κ2) is 9.69. The van der Waals surface area contributed by atoms with Gasteiger partial charge < -0.3 is 15.1 Å². The van der Waals surface area contributed by atoms with Gasteiger partial charge in [0.05, 0.1) is 17.3 Å². The van der Waals surface area contributed by atoms with E-state index in [2.05, 4.69) is 22.3 Å². The van der Waals surface area contributed by atoms with Crippen LogP contribution >= 0.6 is 11.6 Å². The van der Waals surface area contributed by atoms with E-state index >= 15 is 0 Å². The van der Waals surface area contributed by atoms with E-state index < -0.39 is 0 Å². The van der Waals surface area contributed by atoms with Crippen molar-refractivity contribution in [3.8, 4) is 0 Å². The van der Waals surface area contributed by atoms with Gasteiger partial charge >= 0.3 is 0 Å². The number of hydrogen-bond acceptors (Lipinski definition) is 4. The highest BCUT2D eigenvalue weighted by molar-refractivity contribution is 6.33. The number of halogens is 1. The van der Waals surface area contributed by atoms with Crippen LogP contribution in [-0.2, 0) is 16.1 Å². The Morgan fingerprint density at radius 1 is 1.03 bits per heavy atom. The van der Waals surface area contributed by atoms with Crippen molar-refractivity contribution >= 4 is 29.1 Å². The number of amides is 2. The quantitative estimate of drug-likeness (QED) is 0.637. The monoisotopic (exact) mass is 486 g/mol. The summed E-state index contributed by atoms with van der Waals surface area (Å²) in [6.07, 6.45) is 8.47. The first-order valence-corrected chi connectivity index (χ1v) is 13.4. The maximum atomic E-state index is 12.8. The van der Waals surface area contributed by atoms with Gasteiger partial charge in [-0.05, 0) is 79.4 Å². The van der Waals surface area contributed by atoms with Crippen LogP contribution in [0.25, 0.3) is 0 Å². The highest BCUT2D eigenvalue weighted by atomic mass is 35.5. The lowest BCUT2D eigenvalue weighted by Gasteiger charge is -2.56. The number of piperazine rings is 1. The highest BCUT2D eigenvalue weighted by Gasteiger charge is 2.51. The third-order valence-corrected chi connectivity index (χ3v) is 9.07. The molecule has 1 aromatic rings. The Morgan fingerprint density at radius 2 is 1.65 bits per heavy atom. The molecule has 0 unspecified atom stereocenters. The largest absolute Gasteiger partial charge is 0.376 e. The minimum Gasteiger partial charge on any atom is -0.376 e. The average Bonchev–Trinajstić information content (AvgIpc) is 2.76. The van der Waals surface area contributed by atoms with Crippen molar-refractivity contribution in [3.05, 3.63) is 28.8 Å². The lowest BCUT2D eigenvalue weighted by molar-refractivity contribution is -0.136. The molecule has 0 aromatic heterocycles. The van der Waals surface area contributed by atoms with E-state index in [0.717, 1.165) is 48.1 Å². The number of anilines is 1. The van der Waals surface area contributed by atoms with E-state index in [4.69, 9.17) is 11.6 Å². The van der Waals surface area contributed by atoms with Crippen molar-refractivity contribution in [1.29, 1.82) is 0 Å². The minimum atomic E-state index is 0.0388. The van der Waals surface area contributed by atoms with Crippen molar-refractivity contribution in [1.82, 2.24) is 15.1 Å². The Kier molecular flexibility index (Phi) is 6.82. The van der Waals surface area contributed by atoms with Crippen LogP contribution in [0.15, 0.2) is 18.2 Å². The van der Waals surface area contributed by atoms with Crippen LogP contribution in [0.5, 0.6) is 0 Å². The number of carbonyl (C=O) groups excluding carboxylic acids is 2. The minimum absolute atomic E-state index is 0.0388. The summed E-state index contributed by atoms with van der Waals surface area (Å²) in [4.78, 5) is 31.8. The zero-order valence-corrected chi connectivity index (χ0v) is 21.4. The van der Waals surface area contributed by atoms with E-state index in [1.165, 1.54) is 44.1 Å². The molecule has 5 fully saturated rings. The predicted octanol–water partition coefficient (Wildman–Crippen LogP) is 3.77. The molecule has 6 nitrogen and oxygen atoms in total. The molecule has 1 aliphatic heterocycles. The maximum Gasteiger partial charge on any atom is 0.242 e. The van der Waals surface area contributed by atoms with Gasteiger partial charge in [-0.3, -0.25) is 14.5 Å². The van der Waals surface area contributed by atoms with Crippen LogP contribution in [-0.4, -0.2) is 68.4 Å². The molecule has 186 valence electrons. The van der Waals surface area contributed by atoms with Gasteiger partial charge in [-0.2, -0.15) is 0 Å². The van der Waals surface area contributed by atoms with Gasteiger partial charge in [0.15, 0.2) is 0 Å². The Labute approximate surface area is 209 Å². The van der Waals surface area contributed by atoms with Crippen molar-refractivity contribution in [2.75, 3.05) is 51.7 Å². The third kappa shape index (κ3) is 5.23. The molecule has 4 aliphatic carbocycles. The summed E-state index contributed by atoms with van der Waals surface area (Å²) < 4.78 is 0. The molecule has 1 heterocycles. The SMILES string of the molecule is CN(C)c1ccc(CN2CCN(C(=O)CNC(=O)CC34CC5CC(CC(C5)C3)C4)CC2)cc1Cl. The summed E-state index contributed by atoms with van der Waals surface area (Å²) >= 11 is 6.42. The zero-order valence-electron chi connectivity index (χ0n) is 20.7. The van der Waals surface area contributed by atoms with Crippen molar-refractivity contribution in [2.45, 2.75) is 51.5 Å². The standard InChI is InChI=1S/C27H39ClN4O2/c1-30(2)24-4-3-19(12-23(24)28)18-31-5-7-32(8-6-31)26(34)17-29-25(33)16-27-13-20-9-21(14-27)11-22(10-20)15-27/h3-4,12,20-22H,5-11,13-18H2,1-2H3,(H,29,33). The van der Waals surface area contributed by atoms with E-state index in [9.17, 15) is 9.59 Å². The fourth-order valence-electron chi connectivity index (χ4n) is 7.62. The molecule has 1 aromatic carbocycles. The molecule has 34 heavy (non-hydrogen) atoms. The summed E-state index contributed by atoms with van der Waals surface area (Å²) in [7, 11) is 3.98. The fourth-order valence-corrected chi connectivity index (χ4v) is 7.99. The van der Waals surface area contributed by atoms with Crippen molar-refractivity contribution < 1.29 is 9.59 Å². The molecule has 0 spiro atoms. The summed E-state index contributed by atoms with van der Waals surface area (Å²) in [5.74, 6) is 2.65. The van der Waals surface area contributed by atoms with E-state index in [-0.39, 0.29) is 23.8 Å². The lowest BCUT2D eigenvalue weighted by Crippen LogP contribution is -2.51. The average molecular weight is 487 g/mol. The van der Waals surface area contributed by atoms with Crippen molar-refractivity contribution in [3.63, 3.8) is 0 Å². The van der Waals surface area contributed by atoms with E-state index in [0.29, 0.717) is 19.5 Å². The Balaban J connectivity index is 1.05. The zero-order chi connectivity index (χ0) is 23.9. The topological polar surface area (TPSA) is 55.9 Å². The molecule has 4 bridgehead atoms. The van der Waals surface area contributed by atoms with Crippen LogP contribution in [0.1, 0.15) is 50.5 Å². The first-order chi connectivity index (χ1) is 16.3. The number of nitrogens with zero attached hydrogens (tertiary/aromatic N) is 3. The number of benzene rings is 1. The Morgan fingerprint density at radius 3 is 2.21 bits per heavy atom. The Hall–Kier alpha value is -1.79. The summed E-state index contributed by atoms with van der Waals surface area (Å²) in [6, 6.07) is 6.22. The van der Waals surface area contributed by atoms with Gasteiger partial charge in [-0.15, -0.1) is 0 Å². The molecule has 0 atom stereocenters. The van der Waals surface area contributed by atoms with Crippen LogP contribution in [0.3, 0.4) is 0 Å². The summed E-state index contributed by atoms with van der Waals surface area (Å²) in [6.45, 7) is 4.03. The molecule has 6 rings (SSSR count). The fraction of sp³-hybridized carbons (Fsp3) is 0.704. The normalized spacial score (nSPS) is 30.4. The number of rotatable bonds is 7. The predicted molar refractivity (Wildman–Crippen MR) is 136 cm³/mol. The molecule has 7 heteroatoms. The first kappa shape index (κ1) is 23.9. The lowest BCUT2D eigenvalue weighted by atomic mass is 9.49. The van der Waals surface area contributed by atoms with Gasteiger partial charge in [-0.1, -0.05) is 17.7 Å². The molecule has 1 saturated heterocycles. The molecule has 5 aliphatic rings. The third-order valence-electron chi connectivity index (χ3n) is 8.76. The smallest absolute Gasteiger partial charge is 0.242 e. The maximum absolute atomic E-state index is 12.8. The number of hydrogen-bond donors (Lipinski definition) is 1. The van der Waals surface area contributed by atoms with Crippen molar-refractivity contribution in [2.24, 2.45) is 23.2 Å². The molecule has 0 radical (unpaired) electrons. The summed E-state index contributed by atoms with van der Waals surface area (Å²) in [5, 5.41) is 3.73. The van der Waals surface area contributed by atoms with Crippen LogP contribution in [0.2, 0.25) is 5.02 Å². The summed E-state index contributed by atoms with van der Waals surface area (Å²) in [5.41, 5.74) is 2.43. The highest BCUT2D eigenvalue weighted by Crippen LogP contribution is 2.61. The number of carbonyl (C=O) groups is 2. The molecular weight excluding hydrogens is 448 g/mol. The van der Waals surface area contributed by atoms with E-state index in [1.54, 1.807) is 0 Å². The molecule has 4 saturated carbocycles. The molecular formula is C27H39ClN4O2. The van der Waals surface area contributed by atoms with Crippen LogP contribution in [0, 0.1) is 23.2 Å². The van der Waals surface area contributed by atoms with Gasteiger partial charge in [0, 0.05) is 53.2 Å². The van der Waals surface area contributed by atoms with E-state index in [1.807, 2.05) is 30.0 Å². The second-order valence-electron chi connectivity index (χ2n) is 11.7.